The molecule has 0 saturated carbocycles. The van der Waals surface area contributed by atoms with Crippen LogP contribution < -0.4 is 0 Å². The summed E-state index contributed by atoms with van der Waals surface area (Å²) in [6, 6.07) is 22.0. The van der Waals surface area contributed by atoms with Crippen molar-refractivity contribution in [3.05, 3.63) is 71.8 Å². The molecule has 0 saturated heterocycles. The lowest BCUT2D eigenvalue weighted by Gasteiger charge is -2.28. The number of nitrogens with zero attached hydrogens (tertiary/aromatic N) is 2. The molecule has 0 aromatic heterocycles. The minimum atomic E-state index is 0.0674. The molecule has 0 fully saturated rings. The van der Waals surface area contributed by atoms with Gasteiger partial charge in [-0.05, 0) is 75.6 Å². The SMILES string of the molecule is CCCCCCCCC(CCCCCC)C(=O)OCCCCCCCN(CCN(CCCCCCCOC(=O)C(CCCCCC)CCCCCCCC)Cc1ccccc1)Cc1ccccc1. The largest absolute Gasteiger partial charge is 0.465 e. The van der Waals surface area contributed by atoms with Gasteiger partial charge in [0.1, 0.15) is 0 Å². The predicted molar refractivity (Wildman–Crippen MR) is 292 cm³/mol. The molecule has 2 rings (SSSR count). The fraction of sp³-hybridized carbons (Fsp3) is 0.774. The third-order valence-corrected chi connectivity index (χ3v) is 14.2. The first-order valence-electron chi connectivity index (χ1n) is 29.4. The van der Waals surface area contributed by atoms with Gasteiger partial charge in [0.2, 0.25) is 0 Å². The number of carbonyl (C=O) groups is 2. The van der Waals surface area contributed by atoms with Gasteiger partial charge in [0, 0.05) is 26.2 Å². The van der Waals surface area contributed by atoms with Crippen LogP contribution in [0.25, 0.3) is 0 Å². The normalized spacial score (nSPS) is 12.5. The second kappa shape index (κ2) is 45.4. The van der Waals surface area contributed by atoms with Gasteiger partial charge in [0.25, 0.3) is 0 Å². The molecule has 390 valence electrons. The number of hydrogen-bond donors (Lipinski definition) is 0. The van der Waals surface area contributed by atoms with E-state index in [1.165, 1.54) is 152 Å². The molecular weight excluding hydrogens is 837 g/mol. The Morgan fingerprint density at radius 1 is 0.353 bits per heavy atom. The first-order chi connectivity index (χ1) is 33.5. The zero-order chi connectivity index (χ0) is 48.8. The van der Waals surface area contributed by atoms with Gasteiger partial charge in [0.05, 0.1) is 25.0 Å². The molecule has 0 heterocycles. The van der Waals surface area contributed by atoms with Crippen LogP contribution in [0, 0.1) is 11.8 Å². The highest BCUT2D eigenvalue weighted by Gasteiger charge is 2.21. The predicted octanol–water partition coefficient (Wildman–Crippen LogP) is 17.7. The van der Waals surface area contributed by atoms with Crippen molar-refractivity contribution >= 4 is 11.9 Å². The summed E-state index contributed by atoms with van der Waals surface area (Å²) in [5.41, 5.74) is 2.77. The van der Waals surface area contributed by atoms with Gasteiger partial charge in [0.15, 0.2) is 0 Å². The molecule has 6 nitrogen and oxygen atoms in total. The van der Waals surface area contributed by atoms with E-state index in [2.05, 4.69) is 98.2 Å². The Balaban J connectivity index is 1.78. The standard InChI is InChI=1S/C62H108N2O4/c1-5-9-13-17-21-35-47-59(45-33-15-11-7-3)61(65)67-53-39-25-19-23-37-49-63(55-57-41-29-27-30-42-57)51-52-64(56-58-43-31-28-32-44-58)50-38-24-20-26-40-54-68-62(66)60(46-34-16-12-8-4)48-36-22-18-14-10-6-2/h27-32,41-44,59-60H,5-26,33-40,45-56H2,1-4H3. The molecule has 0 radical (unpaired) electrons. The highest BCUT2D eigenvalue weighted by Crippen LogP contribution is 2.23. The fourth-order valence-electron chi connectivity index (χ4n) is 9.76. The van der Waals surface area contributed by atoms with Crippen molar-refractivity contribution < 1.29 is 19.1 Å². The molecule has 2 unspecified atom stereocenters. The average Bonchev–Trinajstić information content (AvgIpc) is 3.35. The summed E-state index contributed by atoms with van der Waals surface area (Å²) in [6.07, 6.45) is 40.4. The van der Waals surface area contributed by atoms with Crippen LogP contribution in [0.2, 0.25) is 0 Å². The van der Waals surface area contributed by atoms with E-state index in [4.69, 9.17) is 9.47 Å². The van der Waals surface area contributed by atoms with Crippen LogP contribution in [0.3, 0.4) is 0 Å². The summed E-state index contributed by atoms with van der Waals surface area (Å²) in [7, 11) is 0. The van der Waals surface area contributed by atoms with E-state index in [0.29, 0.717) is 13.2 Å². The van der Waals surface area contributed by atoms with Crippen molar-refractivity contribution in [3.8, 4) is 0 Å². The zero-order valence-corrected chi connectivity index (χ0v) is 45.2. The van der Waals surface area contributed by atoms with Crippen LogP contribution in [0.4, 0.5) is 0 Å². The Bertz CT molecular complexity index is 1280. The Labute approximate surface area is 421 Å². The molecule has 6 heteroatoms. The maximum atomic E-state index is 13.1. The minimum Gasteiger partial charge on any atom is -0.465 e. The van der Waals surface area contributed by atoms with Crippen LogP contribution in [-0.2, 0) is 32.2 Å². The number of rotatable bonds is 49. The van der Waals surface area contributed by atoms with Crippen molar-refractivity contribution in [1.29, 1.82) is 0 Å². The summed E-state index contributed by atoms with van der Waals surface area (Å²) in [5, 5.41) is 0. The minimum absolute atomic E-state index is 0.0674. The van der Waals surface area contributed by atoms with E-state index in [0.717, 1.165) is 116 Å². The first-order valence-corrected chi connectivity index (χ1v) is 29.4. The van der Waals surface area contributed by atoms with E-state index < -0.39 is 0 Å². The lowest BCUT2D eigenvalue weighted by atomic mass is 9.94. The Morgan fingerprint density at radius 3 is 0.971 bits per heavy atom. The molecule has 0 aliphatic heterocycles. The molecule has 2 aromatic rings. The second-order valence-electron chi connectivity index (χ2n) is 20.6. The number of hydrogen-bond acceptors (Lipinski definition) is 6. The van der Waals surface area contributed by atoms with Gasteiger partial charge in [-0.15, -0.1) is 0 Å². The molecule has 0 N–H and O–H groups in total. The third-order valence-electron chi connectivity index (χ3n) is 14.2. The third kappa shape index (κ3) is 34.6. The first kappa shape index (κ1) is 61.4. The van der Waals surface area contributed by atoms with Crippen molar-refractivity contribution in [2.45, 2.75) is 259 Å². The highest BCUT2D eigenvalue weighted by atomic mass is 16.5. The number of carbonyl (C=O) groups excluding carboxylic acids is 2. The van der Waals surface area contributed by atoms with Crippen LogP contribution >= 0.6 is 0 Å². The molecule has 0 aliphatic rings. The molecule has 0 aliphatic carbocycles. The molecule has 0 spiro atoms. The molecule has 0 amide bonds. The van der Waals surface area contributed by atoms with Crippen LogP contribution in [0.1, 0.15) is 257 Å². The van der Waals surface area contributed by atoms with Gasteiger partial charge in [-0.1, -0.05) is 255 Å². The van der Waals surface area contributed by atoms with Crippen molar-refractivity contribution in [3.63, 3.8) is 0 Å². The number of unbranched alkanes of at least 4 members (excludes halogenated alkanes) is 24. The fourth-order valence-corrected chi connectivity index (χ4v) is 9.76. The number of esters is 2. The van der Waals surface area contributed by atoms with Crippen LogP contribution in [-0.4, -0.2) is 61.1 Å². The van der Waals surface area contributed by atoms with E-state index in [1.807, 2.05) is 0 Å². The monoisotopic (exact) mass is 945 g/mol. The van der Waals surface area contributed by atoms with Gasteiger partial charge in [-0.25, -0.2) is 0 Å². The lowest BCUT2D eigenvalue weighted by molar-refractivity contribution is -0.150. The van der Waals surface area contributed by atoms with E-state index in [1.54, 1.807) is 0 Å². The highest BCUT2D eigenvalue weighted by molar-refractivity contribution is 5.72. The number of benzene rings is 2. The summed E-state index contributed by atoms with van der Waals surface area (Å²) in [6.45, 7) is 16.5. The van der Waals surface area contributed by atoms with Crippen molar-refractivity contribution in [1.82, 2.24) is 9.80 Å². The quantitative estimate of drug-likeness (QED) is 0.0487. The van der Waals surface area contributed by atoms with Crippen molar-refractivity contribution in [2.24, 2.45) is 11.8 Å². The molecular formula is C62H108N2O4. The summed E-state index contributed by atoms with van der Waals surface area (Å²) in [5.74, 6) is 0.318. The molecule has 0 bridgehead atoms. The van der Waals surface area contributed by atoms with E-state index in [9.17, 15) is 9.59 Å². The van der Waals surface area contributed by atoms with Gasteiger partial charge in [-0.3, -0.25) is 19.4 Å². The molecule has 68 heavy (non-hydrogen) atoms. The molecule has 2 atom stereocenters. The van der Waals surface area contributed by atoms with E-state index in [-0.39, 0.29) is 23.8 Å². The summed E-state index contributed by atoms with van der Waals surface area (Å²) < 4.78 is 11.8. The maximum Gasteiger partial charge on any atom is 0.308 e. The van der Waals surface area contributed by atoms with Crippen molar-refractivity contribution in [2.75, 3.05) is 39.4 Å². The van der Waals surface area contributed by atoms with E-state index >= 15 is 0 Å². The number of ether oxygens (including phenoxy) is 2. The Morgan fingerprint density at radius 2 is 0.632 bits per heavy atom. The van der Waals surface area contributed by atoms with Gasteiger partial charge in [-0.2, -0.15) is 0 Å². The molecule has 2 aromatic carbocycles. The second-order valence-corrected chi connectivity index (χ2v) is 20.6. The average molecular weight is 946 g/mol. The van der Waals surface area contributed by atoms with Gasteiger partial charge < -0.3 is 9.47 Å². The Hall–Kier alpha value is -2.70. The summed E-state index contributed by atoms with van der Waals surface area (Å²) >= 11 is 0. The van der Waals surface area contributed by atoms with Crippen LogP contribution in [0.15, 0.2) is 60.7 Å². The summed E-state index contributed by atoms with van der Waals surface area (Å²) in [4.78, 5) is 31.6. The maximum absolute atomic E-state index is 13.1. The van der Waals surface area contributed by atoms with Gasteiger partial charge >= 0.3 is 11.9 Å². The zero-order valence-electron chi connectivity index (χ0n) is 45.2. The Kier molecular flexibility index (Phi) is 41.0. The topological polar surface area (TPSA) is 59.1 Å². The lowest BCUT2D eigenvalue weighted by Crippen LogP contribution is -2.35. The van der Waals surface area contributed by atoms with Crippen LogP contribution in [0.5, 0.6) is 0 Å². The smallest absolute Gasteiger partial charge is 0.308 e.